The molecule has 1 heterocycles. The number of aliphatic imine (C=N–C) groups is 1. The van der Waals surface area contributed by atoms with Gasteiger partial charge in [0.2, 0.25) is 0 Å². The van der Waals surface area contributed by atoms with E-state index < -0.39 is 0 Å². The molecular weight excluding hydrogens is 490 g/mol. The van der Waals surface area contributed by atoms with Gasteiger partial charge in [0.25, 0.3) is 5.95 Å². The Balaban J connectivity index is 1.74. The second-order valence-electron chi connectivity index (χ2n) is 6.65. The van der Waals surface area contributed by atoms with Crippen LogP contribution in [0.1, 0.15) is 11.1 Å². The average Bonchev–Trinajstić information content (AvgIpc) is 3.17. The number of benzene rings is 3. The molecule has 0 bridgehead atoms. The van der Waals surface area contributed by atoms with E-state index in [9.17, 15) is 5.11 Å². The second-order valence-corrected chi connectivity index (χ2v) is 8.37. The number of aromatic hydroxyl groups is 1. The van der Waals surface area contributed by atoms with Crippen LogP contribution >= 0.6 is 46.4 Å². The zero-order chi connectivity index (χ0) is 22.7. The van der Waals surface area contributed by atoms with Gasteiger partial charge in [-0.3, -0.25) is 0 Å². The molecule has 1 N–H and O–H groups in total. The maximum Gasteiger partial charge on any atom is 0.251 e. The standard InChI is InChI=1S/C23H14Cl4N4O/c24-17-4-1-14(2-5-17)21-13-31(29-12-15-3-6-19(26)10-20(15)27)23(30-21)28-11-16-9-18(25)7-8-22(16)32/h1-13,32H/b28-11+,29-12?. The van der Waals surface area contributed by atoms with Crippen molar-refractivity contribution < 1.29 is 5.11 Å². The van der Waals surface area contributed by atoms with Crippen molar-refractivity contribution in [1.29, 1.82) is 0 Å². The van der Waals surface area contributed by atoms with E-state index in [1.807, 2.05) is 12.1 Å². The van der Waals surface area contributed by atoms with Crippen LogP contribution in [0.4, 0.5) is 5.95 Å². The first-order chi connectivity index (χ1) is 15.4. The monoisotopic (exact) mass is 502 g/mol. The molecular formula is C23H14Cl4N4O. The third-order valence-corrected chi connectivity index (χ3v) is 5.45. The molecule has 0 aliphatic carbocycles. The van der Waals surface area contributed by atoms with Crippen LogP contribution in [0.3, 0.4) is 0 Å². The van der Waals surface area contributed by atoms with Crippen molar-refractivity contribution in [3.63, 3.8) is 0 Å². The number of rotatable bonds is 5. The zero-order valence-electron chi connectivity index (χ0n) is 16.3. The summed E-state index contributed by atoms with van der Waals surface area (Å²) in [6.07, 6.45) is 4.78. The predicted molar refractivity (Wildman–Crippen MR) is 132 cm³/mol. The van der Waals surface area contributed by atoms with E-state index in [0.29, 0.717) is 36.9 Å². The molecule has 0 aliphatic heterocycles. The smallest absolute Gasteiger partial charge is 0.251 e. The van der Waals surface area contributed by atoms with Crippen molar-refractivity contribution in [2.75, 3.05) is 0 Å². The van der Waals surface area contributed by atoms with Crippen LogP contribution in [0.2, 0.25) is 20.1 Å². The van der Waals surface area contributed by atoms with Gasteiger partial charge < -0.3 is 5.11 Å². The highest BCUT2D eigenvalue weighted by Crippen LogP contribution is 2.26. The molecule has 0 saturated heterocycles. The fourth-order valence-electron chi connectivity index (χ4n) is 2.78. The molecule has 4 rings (SSSR count). The van der Waals surface area contributed by atoms with Gasteiger partial charge >= 0.3 is 0 Å². The first-order valence-corrected chi connectivity index (χ1v) is 10.8. The Hall–Kier alpha value is -2.83. The van der Waals surface area contributed by atoms with E-state index in [-0.39, 0.29) is 11.7 Å². The minimum absolute atomic E-state index is 0.0469. The summed E-state index contributed by atoms with van der Waals surface area (Å²) in [7, 11) is 0. The van der Waals surface area contributed by atoms with Crippen molar-refractivity contribution in [2.45, 2.75) is 0 Å². The average molecular weight is 504 g/mol. The number of hydrogen-bond donors (Lipinski definition) is 1. The lowest BCUT2D eigenvalue weighted by atomic mass is 10.2. The maximum atomic E-state index is 10.1. The van der Waals surface area contributed by atoms with Crippen LogP contribution in [-0.4, -0.2) is 27.2 Å². The third kappa shape index (κ3) is 5.31. The molecule has 32 heavy (non-hydrogen) atoms. The molecule has 5 nitrogen and oxygen atoms in total. The van der Waals surface area contributed by atoms with Crippen molar-refractivity contribution in [3.05, 3.63) is 98.1 Å². The number of halogens is 4. The molecule has 4 aromatic rings. The van der Waals surface area contributed by atoms with E-state index >= 15 is 0 Å². The lowest BCUT2D eigenvalue weighted by molar-refractivity contribution is 0.474. The highest BCUT2D eigenvalue weighted by Gasteiger charge is 2.09. The van der Waals surface area contributed by atoms with Crippen molar-refractivity contribution in [2.24, 2.45) is 10.1 Å². The third-order valence-electron chi connectivity index (χ3n) is 4.40. The fourth-order valence-corrected chi connectivity index (χ4v) is 3.54. The molecule has 9 heteroatoms. The molecule has 0 amide bonds. The van der Waals surface area contributed by atoms with Gasteiger partial charge in [-0.25, -0.2) is 14.7 Å². The highest BCUT2D eigenvalue weighted by molar-refractivity contribution is 6.36. The SMILES string of the molecule is Oc1ccc(Cl)cc1/C=N/c1nc(-c2ccc(Cl)cc2)cn1N=Cc1ccc(Cl)cc1Cl. The molecule has 160 valence electrons. The number of imidazole rings is 1. The van der Waals surface area contributed by atoms with Crippen molar-refractivity contribution in [3.8, 4) is 17.0 Å². The Morgan fingerprint density at radius 1 is 0.781 bits per heavy atom. The van der Waals surface area contributed by atoms with Crippen LogP contribution in [-0.2, 0) is 0 Å². The number of hydrogen-bond acceptors (Lipinski definition) is 4. The van der Waals surface area contributed by atoms with Crippen LogP contribution in [0.15, 0.2) is 77.0 Å². The van der Waals surface area contributed by atoms with Gasteiger partial charge in [0, 0.05) is 38.0 Å². The topological polar surface area (TPSA) is 62.8 Å². The molecule has 0 saturated carbocycles. The largest absolute Gasteiger partial charge is 0.507 e. The first kappa shape index (κ1) is 22.4. The summed E-state index contributed by atoms with van der Waals surface area (Å²) >= 11 is 24.2. The summed E-state index contributed by atoms with van der Waals surface area (Å²) in [5.41, 5.74) is 2.61. The molecule has 1 aromatic heterocycles. The van der Waals surface area contributed by atoms with Gasteiger partial charge in [0.05, 0.1) is 23.1 Å². The Labute approximate surface area is 204 Å². The molecule has 0 spiro atoms. The normalized spacial score (nSPS) is 11.6. The van der Waals surface area contributed by atoms with Crippen LogP contribution in [0, 0.1) is 0 Å². The predicted octanol–water partition coefficient (Wildman–Crippen LogP) is 7.50. The van der Waals surface area contributed by atoms with Gasteiger partial charge in [0.15, 0.2) is 0 Å². The van der Waals surface area contributed by atoms with Gasteiger partial charge in [-0.05, 0) is 42.5 Å². The molecule has 0 radical (unpaired) electrons. The van der Waals surface area contributed by atoms with Crippen LogP contribution < -0.4 is 0 Å². The maximum absolute atomic E-state index is 10.1. The molecule has 0 fully saturated rings. The molecule has 0 unspecified atom stereocenters. The lowest BCUT2D eigenvalue weighted by Gasteiger charge is -2.00. The van der Waals surface area contributed by atoms with Gasteiger partial charge in [-0.2, -0.15) is 5.10 Å². The van der Waals surface area contributed by atoms with E-state index in [2.05, 4.69) is 15.1 Å². The molecule has 0 aliphatic rings. The Kier molecular flexibility index (Phi) is 6.82. The van der Waals surface area contributed by atoms with Gasteiger partial charge in [-0.1, -0.05) is 64.6 Å². The summed E-state index contributed by atoms with van der Waals surface area (Å²) in [5, 5.41) is 16.6. The molecule has 3 aromatic carbocycles. The van der Waals surface area contributed by atoms with Crippen molar-refractivity contribution >= 4 is 64.8 Å². The van der Waals surface area contributed by atoms with E-state index in [0.717, 1.165) is 5.56 Å². The Morgan fingerprint density at radius 2 is 1.47 bits per heavy atom. The Morgan fingerprint density at radius 3 is 2.22 bits per heavy atom. The van der Waals surface area contributed by atoms with Crippen molar-refractivity contribution in [1.82, 2.24) is 9.66 Å². The highest BCUT2D eigenvalue weighted by atomic mass is 35.5. The van der Waals surface area contributed by atoms with E-state index in [1.54, 1.807) is 54.9 Å². The van der Waals surface area contributed by atoms with Crippen LogP contribution in [0.25, 0.3) is 11.3 Å². The second kappa shape index (κ2) is 9.76. The number of phenols is 1. The first-order valence-electron chi connectivity index (χ1n) is 9.26. The zero-order valence-corrected chi connectivity index (χ0v) is 19.3. The summed E-state index contributed by atoms with van der Waals surface area (Å²) in [5.74, 6) is 0.335. The number of nitrogens with zero attached hydrogens (tertiary/aromatic N) is 4. The lowest BCUT2D eigenvalue weighted by Crippen LogP contribution is -1.91. The fraction of sp³-hybridized carbons (Fsp3) is 0. The van der Waals surface area contributed by atoms with Gasteiger partial charge in [-0.15, -0.1) is 0 Å². The minimum Gasteiger partial charge on any atom is -0.507 e. The summed E-state index contributed by atoms with van der Waals surface area (Å²) in [6.45, 7) is 0. The summed E-state index contributed by atoms with van der Waals surface area (Å²) in [4.78, 5) is 8.97. The Bertz CT molecular complexity index is 1330. The quantitative estimate of drug-likeness (QED) is 0.286. The minimum atomic E-state index is 0.0469. The van der Waals surface area contributed by atoms with Gasteiger partial charge in [0.1, 0.15) is 5.75 Å². The summed E-state index contributed by atoms with van der Waals surface area (Å²) in [6, 6.07) is 17.1. The van der Waals surface area contributed by atoms with E-state index in [1.165, 1.54) is 17.0 Å². The molecule has 0 atom stereocenters. The van der Waals surface area contributed by atoms with E-state index in [4.69, 9.17) is 46.4 Å². The number of phenolic OH excluding ortho intramolecular Hbond substituents is 1. The summed E-state index contributed by atoms with van der Waals surface area (Å²) < 4.78 is 1.51. The number of aromatic nitrogens is 2. The van der Waals surface area contributed by atoms with Crippen LogP contribution in [0.5, 0.6) is 5.75 Å².